The molecule has 0 spiro atoms. The molecule has 17 heavy (non-hydrogen) atoms. The molecule has 0 bridgehead atoms. The lowest BCUT2D eigenvalue weighted by Gasteiger charge is -2.06. The molecule has 0 aromatic heterocycles. The van der Waals surface area contributed by atoms with Crippen LogP contribution >= 0.6 is 0 Å². The molecule has 0 amide bonds. The van der Waals surface area contributed by atoms with Gasteiger partial charge < -0.3 is 10.8 Å². The van der Waals surface area contributed by atoms with Gasteiger partial charge in [-0.3, -0.25) is 4.79 Å². The smallest absolute Gasteiger partial charge is 0.303 e. The Bertz CT molecular complexity index is 344. The fourth-order valence-electron chi connectivity index (χ4n) is 1.82. The van der Waals surface area contributed by atoms with Crippen molar-refractivity contribution in [1.29, 1.82) is 0 Å². The van der Waals surface area contributed by atoms with Crippen molar-refractivity contribution < 1.29 is 9.90 Å². The highest BCUT2D eigenvalue weighted by molar-refractivity contribution is 5.66. The quantitative estimate of drug-likeness (QED) is 0.713. The molecule has 3 heteroatoms. The molecule has 0 aliphatic carbocycles. The molecule has 94 valence electrons. The number of carbonyl (C=O) groups is 1. The van der Waals surface area contributed by atoms with Gasteiger partial charge in [-0.15, -0.1) is 0 Å². The summed E-state index contributed by atoms with van der Waals surface area (Å²) in [5.74, 6) is -0.711. The summed E-state index contributed by atoms with van der Waals surface area (Å²) in [6.45, 7) is 2.00. The van der Waals surface area contributed by atoms with E-state index < -0.39 is 5.97 Å². The summed E-state index contributed by atoms with van der Waals surface area (Å²) in [6, 6.07) is 8.62. The van der Waals surface area contributed by atoms with Gasteiger partial charge in [-0.2, -0.15) is 0 Å². The third-order valence-electron chi connectivity index (χ3n) is 2.69. The maximum atomic E-state index is 10.3. The Morgan fingerprint density at radius 3 is 2.35 bits per heavy atom. The van der Waals surface area contributed by atoms with Crippen molar-refractivity contribution in [1.82, 2.24) is 0 Å². The minimum absolute atomic E-state index is 0.191. The van der Waals surface area contributed by atoms with Gasteiger partial charge >= 0.3 is 5.97 Å². The lowest BCUT2D eigenvalue weighted by Crippen LogP contribution is -2.17. The normalized spacial score (nSPS) is 12.4. The highest BCUT2D eigenvalue weighted by atomic mass is 16.4. The molecular formula is C14H21NO2. The summed E-state index contributed by atoms with van der Waals surface area (Å²) < 4.78 is 0. The molecule has 0 saturated carbocycles. The number of nitrogens with two attached hydrogens (primary N) is 1. The minimum atomic E-state index is -0.711. The van der Waals surface area contributed by atoms with Gasteiger partial charge in [-0.05, 0) is 43.7 Å². The van der Waals surface area contributed by atoms with E-state index in [9.17, 15) is 4.79 Å². The molecule has 0 aliphatic rings. The van der Waals surface area contributed by atoms with Crippen molar-refractivity contribution >= 4 is 5.97 Å². The molecule has 1 aromatic rings. The standard InChI is InChI=1S/C14H21NO2/c1-11(15)10-13-8-6-12(7-9-13)4-2-3-5-14(16)17/h6-9,11H,2-5,10,15H2,1H3,(H,16,17). The van der Waals surface area contributed by atoms with Gasteiger partial charge in [0.2, 0.25) is 0 Å². The zero-order valence-corrected chi connectivity index (χ0v) is 10.4. The van der Waals surface area contributed by atoms with Gasteiger partial charge in [0.25, 0.3) is 0 Å². The van der Waals surface area contributed by atoms with Crippen LogP contribution in [0.25, 0.3) is 0 Å². The maximum Gasteiger partial charge on any atom is 0.303 e. The molecule has 1 rings (SSSR count). The van der Waals surface area contributed by atoms with E-state index in [2.05, 4.69) is 24.3 Å². The van der Waals surface area contributed by atoms with Crippen LogP contribution in [0.4, 0.5) is 0 Å². The van der Waals surface area contributed by atoms with Gasteiger partial charge in [0.1, 0.15) is 0 Å². The highest BCUT2D eigenvalue weighted by Gasteiger charge is 2.00. The van der Waals surface area contributed by atoms with E-state index in [0.29, 0.717) is 0 Å². The fourth-order valence-corrected chi connectivity index (χ4v) is 1.82. The topological polar surface area (TPSA) is 63.3 Å². The van der Waals surface area contributed by atoms with Gasteiger partial charge in [-0.1, -0.05) is 24.3 Å². The molecule has 0 heterocycles. The van der Waals surface area contributed by atoms with Crippen LogP contribution in [-0.2, 0) is 17.6 Å². The van der Waals surface area contributed by atoms with Crippen LogP contribution in [-0.4, -0.2) is 17.1 Å². The number of rotatable bonds is 7. The third-order valence-corrected chi connectivity index (χ3v) is 2.69. The van der Waals surface area contributed by atoms with E-state index in [1.54, 1.807) is 0 Å². The summed E-state index contributed by atoms with van der Waals surface area (Å²) in [5, 5.41) is 8.52. The van der Waals surface area contributed by atoms with Crippen LogP contribution < -0.4 is 5.73 Å². The van der Waals surface area contributed by atoms with Crippen molar-refractivity contribution in [2.75, 3.05) is 0 Å². The molecule has 0 radical (unpaired) electrons. The molecule has 0 aliphatic heterocycles. The fraction of sp³-hybridized carbons (Fsp3) is 0.500. The van der Waals surface area contributed by atoms with Crippen molar-refractivity contribution in [3.05, 3.63) is 35.4 Å². The first-order valence-corrected chi connectivity index (χ1v) is 6.13. The first-order chi connectivity index (χ1) is 8.08. The van der Waals surface area contributed by atoms with E-state index in [4.69, 9.17) is 10.8 Å². The largest absolute Gasteiger partial charge is 0.481 e. The Kier molecular flexibility index (Phi) is 5.70. The zero-order valence-electron chi connectivity index (χ0n) is 10.4. The minimum Gasteiger partial charge on any atom is -0.481 e. The van der Waals surface area contributed by atoms with E-state index >= 15 is 0 Å². The summed E-state index contributed by atoms with van der Waals surface area (Å²) in [5.41, 5.74) is 8.26. The number of hydrogen-bond acceptors (Lipinski definition) is 2. The monoisotopic (exact) mass is 235 g/mol. The van der Waals surface area contributed by atoms with Gasteiger partial charge in [0.15, 0.2) is 0 Å². The van der Waals surface area contributed by atoms with Gasteiger partial charge in [-0.25, -0.2) is 0 Å². The van der Waals surface area contributed by atoms with Crippen molar-refractivity contribution in [3.63, 3.8) is 0 Å². The van der Waals surface area contributed by atoms with E-state index in [-0.39, 0.29) is 12.5 Å². The Morgan fingerprint density at radius 2 is 1.82 bits per heavy atom. The summed E-state index contributed by atoms with van der Waals surface area (Å²) in [7, 11) is 0. The molecule has 1 aromatic carbocycles. The number of carboxylic acid groups (broad SMARTS) is 1. The van der Waals surface area contributed by atoms with Crippen molar-refractivity contribution in [2.45, 2.75) is 45.1 Å². The zero-order chi connectivity index (χ0) is 12.7. The second-order valence-corrected chi connectivity index (χ2v) is 4.60. The predicted octanol–water partition coefficient (Wildman–Crippen LogP) is 2.37. The van der Waals surface area contributed by atoms with Gasteiger partial charge in [0.05, 0.1) is 0 Å². The number of hydrogen-bond donors (Lipinski definition) is 2. The summed E-state index contributed by atoms with van der Waals surface area (Å²) in [6.07, 6.45) is 3.80. The average molecular weight is 235 g/mol. The number of unbranched alkanes of at least 4 members (excludes halogenated alkanes) is 1. The molecule has 1 atom stereocenters. The Hall–Kier alpha value is -1.35. The first kappa shape index (κ1) is 13.7. The molecule has 0 fully saturated rings. The van der Waals surface area contributed by atoms with Crippen molar-refractivity contribution in [2.24, 2.45) is 5.73 Å². The lowest BCUT2D eigenvalue weighted by atomic mass is 10.0. The second kappa shape index (κ2) is 7.07. The Morgan fingerprint density at radius 1 is 1.24 bits per heavy atom. The van der Waals surface area contributed by atoms with Crippen LogP contribution in [0, 0.1) is 0 Å². The predicted molar refractivity (Wildman–Crippen MR) is 69.0 cm³/mol. The second-order valence-electron chi connectivity index (χ2n) is 4.60. The van der Waals surface area contributed by atoms with Crippen LogP contribution in [0.5, 0.6) is 0 Å². The van der Waals surface area contributed by atoms with Crippen molar-refractivity contribution in [3.8, 4) is 0 Å². The number of aryl methyl sites for hydroxylation is 1. The molecule has 3 N–H and O–H groups in total. The summed E-state index contributed by atoms with van der Waals surface area (Å²) in [4.78, 5) is 10.3. The van der Waals surface area contributed by atoms with Crippen LogP contribution in [0.2, 0.25) is 0 Å². The number of carboxylic acids is 1. The van der Waals surface area contributed by atoms with Gasteiger partial charge in [0, 0.05) is 12.5 Å². The highest BCUT2D eigenvalue weighted by Crippen LogP contribution is 2.10. The average Bonchev–Trinajstić information content (AvgIpc) is 2.25. The number of aliphatic carboxylic acids is 1. The lowest BCUT2D eigenvalue weighted by molar-refractivity contribution is -0.137. The molecule has 3 nitrogen and oxygen atoms in total. The molecule has 1 unspecified atom stereocenters. The first-order valence-electron chi connectivity index (χ1n) is 6.13. The number of benzene rings is 1. The van der Waals surface area contributed by atoms with E-state index in [0.717, 1.165) is 25.7 Å². The maximum absolute atomic E-state index is 10.3. The van der Waals surface area contributed by atoms with Crippen LogP contribution in [0.15, 0.2) is 24.3 Å². The van der Waals surface area contributed by atoms with E-state index in [1.807, 2.05) is 6.92 Å². The van der Waals surface area contributed by atoms with Crippen LogP contribution in [0.1, 0.15) is 37.3 Å². The summed E-state index contributed by atoms with van der Waals surface area (Å²) >= 11 is 0. The van der Waals surface area contributed by atoms with E-state index in [1.165, 1.54) is 11.1 Å². The Balaban J connectivity index is 2.32. The van der Waals surface area contributed by atoms with Crippen LogP contribution in [0.3, 0.4) is 0 Å². The Labute approximate surface area is 103 Å². The molecule has 0 saturated heterocycles. The molecular weight excluding hydrogens is 214 g/mol. The SMILES string of the molecule is CC(N)Cc1ccc(CCCCC(=O)O)cc1. The third kappa shape index (κ3) is 6.07.